The Morgan fingerprint density at radius 2 is 2.35 bits per heavy atom. The lowest BCUT2D eigenvalue weighted by Crippen LogP contribution is -2.39. The van der Waals surface area contributed by atoms with Gasteiger partial charge >= 0.3 is 0 Å². The highest BCUT2D eigenvalue weighted by Gasteiger charge is 2.26. The average Bonchev–Trinajstić information content (AvgIpc) is 2.25. The maximum absolute atomic E-state index is 13.2. The van der Waals surface area contributed by atoms with Crippen LogP contribution < -0.4 is 15.4 Å². The summed E-state index contributed by atoms with van der Waals surface area (Å²) in [5, 5.41) is 0.300. The van der Waals surface area contributed by atoms with E-state index in [0.717, 1.165) is 6.07 Å². The van der Waals surface area contributed by atoms with Crippen LogP contribution in [0.2, 0.25) is 0 Å². The van der Waals surface area contributed by atoms with Gasteiger partial charge in [0.15, 0.2) is 6.61 Å². The Labute approximate surface area is 102 Å². The van der Waals surface area contributed by atoms with Crippen LogP contribution >= 0.6 is 11.6 Å². The van der Waals surface area contributed by atoms with E-state index in [1.165, 1.54) is 11.0 Å². The molecule has 1 aliphatic heterocycles. The molecule has 0 aliphatic carbocycles. The number of nitrogens with two attached hydrogens (primary N) is 1. The van der Waals surface area contributed by atoms with E-state index < -0.39 is 5.82 Å². The molecule has 90 valence electrons. The number of fused-ring (bicyclic) bond motifs is 1. The normalized spacial score (nSPS) is 14.2. The van der Waals surface area contributed by atoms with Gasteiger partial charge in [0.2, 0.25) is 0 Å². The number of hydrogen-bond donors (Lipinski definition) is 1. The van der Waals surface area contributed by atoms with E-state index in [1.54, 1.807) is 0 Å². The first kappa shape index (κ1) is 11.7. The van der Waals surface area contributed by atoms with Crippen LogP contribution in [0.1, 0.15) is 0 Å². The molecule has 2 rings (SSSR count). The quantitative estimate of drug-likeness (QED) is 0.822. The number of hydrogen-bond acceptors (Lipinski definition) is 3. The van der Waals surface area contributed by atoms with Crippen molar-refractivity contribution in [3.63, 3.8) is 0 Å². The van der Waals surface area contributed by atoms with E-state index in [0.29, 0.717) is 10.7 Å². The lowest BCUT2D eigenvalue weighted by atomic mass is 10.2. The van der Waals surface area contributed by atoms with Gasteiger partial charge in [-0.25, -0.2) is 4.39 Å². The molecule has 1 heterocycles. The first-order valence-corrected chi connectivity index (χ1v) is 5.22. The monoisotopic (exact) mass is 256 g/mol. The fraction of sp³-hybridized carbons (Fsp3) is 0.182. The van der Waals surface area contributed by atoms with Crippen molar-refractivity contribution < 1.29 is 13.9 Å². The third kappa shape index (κ3) is 2.19. The van der Waals surface area contributed by atoms with E-state index in [1.807, 2.05) is 0 Å². The first-order valence-electron chi connectivity index (χ1n) is 4.84. The third-order valence-corrected chi connectivity index (χ3v) is 2.47. The predicted octanol–water partition coefficient (Wildman–Crippen LogP) is 1.89. The number of rotatable bonds is 2. The highest BCUT2D eigenvalue weighted by molar-refractivity contribution is 6.30. The van der Waals surface area contributed by atoms with Crippen molar-refractivity contribution >= 4 is 28.9 Å². The highest BCUT2D eigenvalue weighted by atomic mass is 35.5. The number of benzene rings is 1. The third-order valence-electron chi connectivity index (χ3n) is 2.35. The number of nitrogen functional groups attached to an aromatic ring is 1. The van der Waals surface area contributed by atoms with Crippen LogP contribution in [0.4, 0.5) is 15.8 Å². The molecule has 2 N–H and O–H groups in total. The molecule has 6 heteroatoms. The van der Waals surface area contributed by atoms with Crippen LogP contribution in [0.15, 0.2) is 23.7 Å². The summed E-state index contributed by atoms with van der Waals surface area (Å²) in [6, 6.07) is 2.50. The van der Waals surface area contributed by atoms with Crippen LogP contribution in [0, 0.1) is 5.82 Å². The molecule has 1 aliphatic rings. The summed E-state index contributed by atoms with van der Waals surface area (Å²) < 4.78 is 18.4. The molecule has 0 atom stereocenters. The van der Waals surface area contributed by atoms with Crippen molar-refractivity contribution in [2.24, 2.45) is 0 Å². The standard InChI is InChI=1S/C11H10ClFN2O2/c1-6(12)4-15-9-3-8(14)7(13)2-10(9)17-5-11(15)16/h2-3H,1,4-5,14H2. The fourth-order valence-corrected chi connectivity index (χ4v) is 1.70. The van der Waals surface area contributed by atoms with Crippen LogP contribution in [0.5, 0.6) is 5.75 Å². The maximum atomic E-state index is 13.2. The van der Waals surface area contributed by atoms with Crippen molar-refractivity contribution in [2.75, 3.05) is 23.8 Å². The zero-order chi connectivity index (χ0) is 12.6. The first-order chi connectivity index (χ1) is 7.99. The molecule has 1 amide bonds. The maximum Gasteiger partial charge on any atom is 0.265 e. The number of halogens is 2. The van der Waals surface area contributed by atoms with Crippen molar-refractivity contribution in [1.82, 2.24) is 0 Å². The van der Waals surface area contributed by atoms with E-state index in [9.17, 15) is 9.18 Å². The van der Waals surface area contributed by atoms with Crippen molar-refractivity contribution in [3.05, 3.63) is 29.6 Å². The SMILES string of the molecule is C=C(Cl)CN1C(=O)COc2cc(F)c(N)cc21. The van der Waals surface area contributed by atoms with Crippen molar-refractivity contribution in [3.8, 4) is 5.75 Å². The molecule has 0 aromatic heterocycles. The second-order valence-electron chi connectivity index (χ2n) is 3.63. The summed E-state index contributed by atoms with van der Waals surface area (Å²) >= 11 is 5.68. The minimum Gasteiger partial charge on any atom is -0.481 e. The van der Waals surface area contributed by atoms with Gasteiger partial charge in [0.1, 0.15) is 11.6 Å². The molecule has 0 saturated heterocycles. The molecular weight excluding hydrogens is 247 g/mol. The molecule has 0 radical (unpaired) electrons. The summed E-state index contributed by atoms with van der Waals surface area (Å²) in [6.45, 7) is 3.51. The van der Waals surface area contributed by atoms with Crippen LogP contribution in [0.25, 0.3) is 0 Å². The van der Waals surface area contributed by atoms with Crippen molar-refractivity contribution in [2.45, 2.75) is 0 Å². The second-order valence-corrected chi connectivity index (χ2v) is 4.16. The number of carbonyl (C=O) groups is 1. The molecule has 0 saturated carbocycles. The van der Waals surface area contributed by atoms with Crippen LogP contribution in [-0.2, 0) is 4.79 Å². The van der Waals surface area contributed by atoms with Crippen LogP contribution in [-0.4, -0.2) is 19.1 Å². The number of amides is 1. The van der Waals surface area contributed by atoms with Gasteiger partial charge in [0.25, 0.3) is 5.91 Å². The molecule has 0 unspecified atom stereocenters. The highest BCUT2D eigenvalue weighted by Crippen LogP contribution is 2.35. The van der Waals surface area contributed by atoms with Gasteiger partial charge in [0.05, 0.1) is 17.9 Å². The van der Waals surface area contributed by atoms with E-state index >= 15 is 0 Å². The van der Waals surface area contributed by atoms with Gasteiger partial charge in [-0.1, -0.05) is 18.2 Å². The summed E-state index contributed by atoms with van der Waals surface area (Å²) in [4.78, 5) is 13.0. The van der Waals surface area contributed by atoms with Crippen LogP contribution in [0.3, 0.4) is 0 Å². The lowest BCUT2D eigenvalue weighted by Gasteiger charge is -2.29. The summed E-state index contributed by atoms with van der Waals surface area (Å²) in [7, 11) is 0. The largest absolute Gasteiger partial charge is 0.481 e. The average molecular weight is 257 g/mol. The van der Waals surface area contributed by atoms with Gasteiger partial charge in [0, 0.05) is 11.1 Å². The zero-order valence-corrected chi connectivity index (χ0v) is 9.63. The Kier molecular flexibility index (Phi) is 2.93. The summed E-state index contributed by atoms with van der Waals surface area (Å²) in [5.74, 6) is -0.581. The Bertz CT molecular complexity index is 504. The number of anilines is 2. The van der Waals surface area contributed by atoms with E-state index in [2.05, 4.69) is 6.58 Å². The van der Waals surface area contributed by atoms with Gasteiger partial charge in [-0.15, -0.1) is 0 Å². The number of nitrogens with zero attached hydrogens (tertiary/aromatic N) is 1. The molecule has 0 spiro atoms. The molecule has 4 nitrogen and oxygen atoms in total. The van der Waals surface area contributed by atoms with Gasteiger partial charge < -0.3 is 15.4 Å². The lowest BCUT2D eigenvalue weighted by molar-refractivity contribution is -0.121. The smallest absolute Gasteiger partial charge is 0.265 e. The number of carbonyl (C=O) groups excluding carboxylic acids is 1. The summed E-state index contributed by atoms with van der Waals surface area (Å²) in [6.07, 6.45) is 0. The Morgan fingerprint density at radius 1 is 1.65 bits per heavy atom. The topological polar surface area (TPSA) is 55.6 Å². The molecule has 1 aromatic rings. The Balaban J connectivity index is 2.47. The number of ether oxygens (including phenoxy) is 1. The van der Waals surface area contributed by atoms with E-state index in [-0.39, 0.29) is 30.5 Å². The zero-order valence-electron chi connectivity index (χ0n) is 8.87. The fourth-order valence-electron chi connectivity index (χ4n) is 1.58. The molecule has 0 bridgehead atoms. The van der Waals surface area contributed by atoms with Gasteiger partial charge in [-0.05, 0) is 6.07 Å². The second kappa shape index (κ2) is 4.25. The molecule has 0 fully saturated rings. The Morgan fingerprint density at radius 3 is 3.00 bits per heavy atom. The minimum atomic E-state index is -0.581. The molecule has 17 heavy (non-hydrogen) atoms. The molecule has 1 aromatic carbocycles. The molecular formula is C11H10ClFN2O2. The van der Waals surface area contributed by atoms with Gasteiger partial charge in [-0.2, -0.15) is 0 Å². The minimum absolute atomic E-state index is 0.0489. The Hall–Kier alpha value is -1.75. The summed E-state index contributed by atoms with van der Waals surface area (Å²) in [5.41, 5.74) is 5.81. The van der Waals surface area contributed by atoms with E-state index in [4.69, 9.17) is 22.1 Å². The van der Waals surface area contributed by atoms with Gasteiger partial charge in [-0.3, -0.25) is 4.79 Å². The predicted molar refractivity (Wildman–Crippen MR) is 63.7 cm³/mol. The van der Waals surface area contributed by atoms with Crippen molar-refractivity contribution in [1.29, 1.82) is 0 Å².